The second-order valence-corrected chi connectivity index (χ2v) is 8.50. The lowest BCUT2D eigenvalue weighted by Crippen LogP contribution is -2.47. The van der Waals surface area contributed by atoms with E-state index in [2.05, 4.69) is 34.1 Å². The van der Waals surface area contributed by atoms with Gasteiger partial charge in [0.05, 0.1) is 32.5 Å². The van der Waals surface area contributed by atoms with Crippen LogP contribution in [-0.2, 0) is 6.42 Å². The number of aromatic nitrogens is 2. The summed E-state index contributed by atoms with van der Waals surface area (Å²) in [4.78, 5) is 14.7. The third-order valence-electron chi connectivity index (χ3n) is 6.44. The first-order chi connectivity index (χ1) is 17.2. The molecule has 1 aliphatic rings. The van der Waals surface area contributed by atoms with E-state index in [1.165, 1.54) is 5.56 Å². The van der Waals surface area contributed by atoms with Gasteiger partial charge in [0.1, 0.15) is 17.4 Å². The molecule has 0 bridgehead atoms. The largest absolute Gasteiger partial charge is 0.495 e. The maximum atomic E-state index is 5.59. The number of anilines is 2. The zero-order valence-corrected chi connectivity index (χ0v) is 20.4. The zero-order valence-electron chi connectivity index (χ0n) is 20.4. The van der Waals surface area contributed by atoms with Gasteiger partial charge in [-0.3, -0.25) is 0 Å². The number of rotatable bonds is 7. The lowest BCUT2D eigenvalue weighted by atomic mass is 10.1. The predicted octanol–water partition coefficient (Wildman–Crippen LogP) is 4.57. The van der Waals surface area contributed by atoms with Gasteiger partial charge in [0.25, 0.3) is 0 Å². The van der Waals surface area contributed by atoms with Gasteiger partial charge < -0.3 is 24.0 Å². The molecule has 0 saturated carbocycles. The molecular weight excluding hydrogens is 440 g/mol. The van der Waals surface area contributed by atoms with Gasteiger partial charge >= 0.3 is 0 Å². The van der Waals surface area contributed by atoms with Crippen LogP contribution < -0.4 is 24.0 Å². The minimum absolute atomic E-state index is 0.663. The highest BCUT2D eigenvalue weighted by Crippen LogP contribution is 2.36. The molecule has 0 N–H and O–H groups in total. The second kappa shape index (κ2) is 10.1. The number of nitrogens with zero attached hydrogens (tertiary/aromatic N) is 4. The van der Waals surface area contributed by atoms with Crippen LogP contribution in [0, 0.1) is 0 Å². The van der Waals surface area contributed by atoms with Crippen molar-refractivity contribution in [1.29, 1.82) is 0 Å². The molecule has 0 aliphatic carbocycles. The second-order valence-electron chi connectivity index (χ2n) is 8.50. The Morgan fingerprint density at radius 2 is 1.31 bits per heavy atom. The number of para-hydroxylation sites is 2. The summed E-state index contributed by atoms with van der Waals surface area (Å²) >= 11 is 0. The van der Waals surface area contributed by atoms with Crippen LogP contribution in [0.1, 0.15) is 11.4 Å². The SMILES string of the molecule is COc1cc2nc(Cc3ccccc3)nc(N3CCN(c4ccccc4OC)CC3)c2cc1OC. The Morgan fingerprint density at radius 3 is 2.03 bits per heavy atom. The molecule has 4 aromatic rings. The fourth-order valence-corrected chi connectivity index (χ4v) is 4.64. The zero-order chi connectivity index (χ0) is 24.2. The van der Waals surface area contributed by atoms with Crippen molar-refractivity contribution in [1.82, 2.24) is 9.97 Å². The van der Waals surface area contributed by atoms with Crippen LogP contribution in [0.2, 0.25) is 0 Å². The van der Waals surface area contributed by atoms with Gasteiger partial charge in [-0.2, -0.15) is 0 Å². The minimum atomic E-state index is 0.663. The number of hydrogen-bond acceptors (Lipinski definition) is 7. The molecule has 35 heavy (non-hydrogen) atoms. The van der Waals surface area contributed by atoms with Crippen LogP contribution in [0.15, 0.2) is 66.7 Å². The van der Waals surface area contributed by atoms with E-state index < -0.39 is 0 Å². The molecule has 7 nitrogen and oxygen atoms in total. The van der Waals surface area contributed by atoms with Crippen molar-refractivity contribution in [2.45, 2.75) is 6.42 Å². The van der Waals surface area contributed by atoms with Crippen molar-refractivity contribution in [3.63, 3.8) is 0 Å². The van der Waals surface area contributed by atoms with Gasteiger partial charge in [0.2, 0.25) is 0 Å². The van der Waals surface area contributed by atoms with E-state index in [9.17, 15) is 0 Å². The molecule has 5 rings (SSSR count). The molecule has 1 aliphatic heterocycles. The fraction of sp³-hybridized carbons (Fsp3) is 0.286. The van der Waals surface area contributed by atoms with E-state index >= 15 is 0 Å². The number of hydrogen-bond donors (Lipinski definition) is 0. The van der Waals surface area contributed by atoms with Crippen molar-refractivity contribution in [3.05, 3.63) is 78.1 Å². The summed E-state index contributed by atoms with van der Waals surface area (Å²) in [5.41, 5.74) is 3.16. The van der Waals surface area contributed by atoms with E-state index in [1.807, 2.05) is 42.5 Å². The fourth-order valence-electron chi connectivity index (χ4n) is 4.64. The number of benzene rings is 3. The normalized spacial score (nSPS) is 13.7. The van der Waals surface area contributed by atoms with Gasteiger partial charge in [-0.05, 0) is 23.8 Å². The van der Waals surface area contributed by atoms with Crippen LogP contribution in [0.5, 0.6) is 17.2 Å². The molecular formula is C28H30N4O3. The van der Waals surface area contributed by atoms with Gasteiger partial charge in [-0.15, -0.1) is 0 Å². The average molecular weight is 471 g/mol. The highest BCUT2D eigenvalue weighted by Gasteiger charge is 2.24. The lowest BCUT2D eigenvalue weighted by molar-refractivity contribution is 0.355. The van der Waals surface area contributed by atoms with Crippen LogP contribution in [0.4, 0.5) is 11.5 Å². The maximum Gasteiger partial charge on any atom is 0.162 e. The van der Waals surface area contributed by atoms with Crippen LogP contribution >= 0.6 is 0 Å². The molecule has 0 spiro atoms. The standard InChI is InChI=1S/C28H30N4O3/c1-33-24-12-8-7-11-23(24)31-13-15-32(16-14-31)28-21-18-25(34-2)26(35-3)19-22(21)29-27(30-28)17-20-9-5-4-6-10-20/h4-12,18-19H,13-17H2,1-3H3. The van der Waals surface area contributed by atoms with Gasteiger partial charge in [0, 0.05) is 44.1 Å². The molecule has 0 unspecified atom stereocenters. The van der Waals surface area contributed by atoms with E-state index in [0.717, 1.165) is 60.2 Å². The summed E-state index contributed by atoms with van der Waals surface area (Å²) in [6, 6.07) is 22.4. The summed E-state index contributed by atoms with van der Waals surface area (Å²) in [6.07, 6.45) is 0.666. The smallest absolute Gasteiger partial charge is 0.162 e. The first-order valence-corrected chi connectivity index (χ1v) is 11.8. The van der Waals surface area contributed by atoms with Crippen LogP contribution in [0.25, 0.3) is 10.9 Å². The topological polar surface area (TPSA) is 60.0 Å². The predicted molar refractivity (Wildman–Crippen MR) is 139 cm³/mol. The maximum absolute atomic E-state index is 5.59. The molecule has 0 atom stereocenters. The van der Waals surface area contributed by atoms with Gasteiger partial charge in [-0.25, -0.2) is 9.97 Å². The highest BCUT2D eigenvalue weighted by molar-refractivity contribution is 5.92. The number of fused-ring (bicyclic) bond motifs is 1. The first-order valence-electron chi connectivity index (χ1n) is 11.8. The molecule has 2 heterocycles. The van der Waals surface area contributed by atoms with Crippen molar-refractivity contribution in [2.75, 3.05) is 57.3 Å². The third-order valence-corrected chi connectivity index (χ3v) is 6.44. The van der Waals surface area contributed by atoms with Gasteiger partial charge in [-0.1, -0.05) is 42.5 Å². The van der Waals surface area contributed by atoms with Crippen molar-refractivity contribution < 1.29 is 14.2 Å². The van der Waals surface area contributed by atoms with E-state index in [1.54, 1.807) is 21.3 Å². The van der Waals surface area contributed by atoms with E-state index in [0.29, 0.717) is 17.9 Å². The number of methoxy groups -OCH3 is 3. The molecule has 1 saturated heterocycles. The Hall–Kier alpha value is -4.00. The number of piperazine rings is 1. The molecule has 0 amide bonds. The summed E-state index contributed by atoms with van der Waals surface area (Å²) in [5, 5.41) is 0.963. The molecule has 3 aromatic carbocycles. The number of ether oxygens (including phenoxy) is 3. The highest BCUT2D eigenvalue weighted by atomic mass is 16.5. The Balaban J connectivity index is 1.50. The van der Waals surface area contributed by atoms with Crippen molar-refractivity contribution in [2.24, 2.45) is 0 Å². The first kappa shape index (κ1) is 22.8. The summed E-state index contributed by atoms with van der Waals surface area (Å²) in [5.74, 6) is 3.96. The molecule has 180 valence electrons. The monoisotopic (exact) mass is 470 g/mol. The summed E-state index contributed by atoms with van der Waals surface area (Å²) in [7, 11) is 5.02. The Bertz CT molecular complexity index is 1300. The Morgan fingerprint density at radius 1 is 0.686 bits per heavy atom. The third kappa shape index (κ3) is 4.67. The van der Waals surface area contributed by atoms with Crippen LogP contribution in [-0.4, -0.2) is 57.5 Å². The van der Waals surface area contributed by atoms with Gasteiger partial charge in [0.15, 0.2) is 11.5 Å². The molecule has 7 heteroatoms. The summed E-state index contributed by atoms with van der Waals surface area (Å²) < 4.78 is 16.7. The Kier molecular flexibility index (Phi) is 6.57. The Labute approximate surface area is 205 Å². The lowest BCUT2D eigenvalue weighted by Gasteiger charge is -2.37. The van der Waals surface area contributed by atoms with Crippen molar-refractivity contribution >= 4 is 22.4 Å². The molecule has 1 fully saturated rings. The van der Waals surface area contributed by atoms with Crippen LogP contribution in [0.3, 0.4) is 0 Å². The molecule has 0 radical (unpaired) electrons. The van der Waals surface area contributed by atoms with Crippen molar-refractivity contribution in [3.8, 4) is 17.2 Å². The average Bonchev–Trinajstić information content (AvgIpc) is 2.92. The molecule has 1 aromatic heterocycles. The minimum Gasteiger partial charge on any atom is -0.495 e. The van der Waals surface area contributed by atoms with E-state index in [4.69, 9.17) is 24.2 Å². The van der Waals surface area contributed by atoms with E-state index in [-0.39, 0.29) is 0 Å². The summed E-state index contributed by atoms with van der Waals surface area (Å²) in [6.45, 7) is 3.41. The quantitative estimate of drug-likeness (QED) is 0.392.